The number of ether oxygens (including phenoxy) is 2. The van der Waals surface area contributed by atoms with Crippen LogP contribution in [0.5, 0.6) is 5.75 Å². The number of nitrogen functional groups attached to an aromatic ring is 1. The molecule has 0 spiro atoms. The molecule has 2 N–H and O–H groups in total. The van der Waals surface area contributed by atoms with Gasteiger partial charge in [-0.1, -0.05) is 6.07 Å². The fraction of sp³-hybridized carbons (Fsp3) is 0.400. The number of fused-ring (bicyclic) bond motifs is 3. The third kappa shape index (κ3) is 2.32. The number of para-hydroxylation sites is 1. The minimum absolute atomic E-state index is 0.0322. The molecular weight excluding hydrogens is 320 g/mol. The fourth-order valence-corrected chi connectivity index (χ4v) is 2.89. The second-order valence-corrected chi connectivity index (χ2v) is 5.70. The van der Waals surface area contributed by atoms with Crippen molar-refractivity contribution in [3.8, 4) is 5.75 Å². The van der Waals surface area contributed by atoms with Gasteiger partial charge < -0.3 is 15.2 Å². The molecule has 0 saturated carbocycles. The number of anilines is 1. The number of aromatic nitrogens is 4. The summed E-state index contributed by atoms with van der Waals surface area (Å²) in [5.41, 5.74) is 6.92. The zero-order chi connectivity index (χ0) is 16.9. The van der Waals surface area contributed by atoms with Gasteiger partial charge in [0.1, 0.15) is 17.4 Å². The van der Waals surface area contributed by atoms with E-state index in [9.17, 15) is 8.78 Å². The molecule has 24 heavy (non-hydrogen) atoms. The van der Waals surface area contributed by atoms with Crippen molar-refractivity contribution in [2.45, 2.75) is 24.9 Å². The van der Waals surface area contributed by atoms with Crippen molar-refractivity contribution in [2.24, 2.45) is 0 Å². The van der Waals surface area contributed by atoms with E-state index in [0.717, 1.165) is 0 Å². The third-order valence-electron chi connectivity index (χ3n) is 4.09. The maximum Gasteiger partial charge on any atom is 0.253 e. The van der Waals surface area contributed by atoms with E-state index in [4.69, 9.17) is 15.2 Å². The molecule has 0 bridgehead atoms. The van der Waals surface area contributed by atoms with E-state index in [2.05, 4.69) is 15.1 Å². The van der Waals surface area contributed by atoms with Crippen LogP contribution >= 0.6 is 0 Å². The molecule has 126 valence electrons. The summed E-state index contributed by atoms with van der Waals surface area (Å²) in [4.78, 5) is 8.67. The fourth-order valence-electron chi connectivity index (χ4n) is 2.89. The predicted octanol–water partition coefficient (Wildman–Crippen LogP) is 2.36. The summed E-state index contributed by atoms with van der Waals surface area (Å²) in [5.74, 6) is -1.96. The zero-order valence-electron chi connectivity index (χ0n) is 12.9. The molecule has 1 aliphatic rings. The van der Waals surface area contributed by atoms with Gasteiger partial charge in [-0.25, -0.2) is 18.7 Å². The number of nitrogens with two attached hydrogens (primary N) is 1. The molecule has 1 fully saturated rings. The minimum Gasteiger partial charge on any atom is -0.494 e. The first-order valence-corrected chi connectivity index (χ1v) is 7.47. The van der Waals surface area contributed by atoms with E-state index in [1.54, 1.807) is 18.2 Å². The van der Waals surface area contributed by atoms with E-state index in [0.29, 0.717) is 22.3 Å². The van der Waals surface area contributed by atoms with E-state index in [1.807, 2.05) is 0 Å². The normalized spacial score (nSPS) is 20.5. The Kier molecular flexibility index (Phi) is 3.27. The average Bonchev–Trinajstić information content (AvgIpc) is 3.00. The highest BCUT2D eigenvalue weighted by Crippen LogP contribution is 2.37. The van der Waals surface area contributed by atoms with Gasteiger partial charge in [0.15, 0.2) is 11.5 Å². The lowest BCUT2D eigenvalue weighted by atomic mass is 10.0. The van der Waals surface area contributed by atoms with Gasteiger partial charge in [0, 0.05) is 18.2 Å². The molecule has 0 amide bonds. The van der Waals surface area contributed by atoms with E-state index >= 15 is 0 Å². The minimum atomic E-state index is -2.78. The van der Waals surface area contributed by atoms with Crippen LogP contribution in [0.25, 0.3) is 16.6 Å². The van der Waals surface area contributed by atoms with Crippen molar-refractivity contribution < 1.29 is 18.3 Å². The van der Waals surface area contributed by atoms with Crippen LogP contribution in [0.4, 0.5) is 14.7 Å². The van der Waals surface area contributed by atoms with Gasteiger partial charge in [0.05, 0.1) is 13.7 Å². The molecule has 1 saturated heterocycles. The monoisotopic (exact) mass is 335 g/mol. The van der Waals surface area contributed by atoms with Gasteiger partial charge in [0.25, 0.3) is 5.92 Å². The van der Waals surface area contributed by atoms with Gasteiger partial charge in [-0.15, -0.1) is 5.10 Å². The number of halogens is 2. The summed E-state index contributed by atoms with van der Waals surface area (Å²) < 4.78 is 39.3. The summed E-state index contributed by atoms with van der Waals surface area (Å²) in [6.07, 6.45) is -1.60. The quantitative estimate of drug-likeness (QED) is 0.773. The number of hydrogen-bond donors (Lipinski definition) is 1. The van der Waals surface area contributed by atoms with Gasteiger partial charge >= 0.3 is 0 Å². The van der Waals surface area contributed by atoms with Crippen molar-refractivity contribution in [3.63, 3.8) is 0 Å². The molecule has 4 rings (SSSR count). The lowest BCUT2D eigenvalue weighted by Gasteiger charge is -2.27. The Bertz CT molecular complexity index is 927. The maximum atomic E-state index is 13.6. The van der Waals surface area contributed by atoms with Crippen LogP contribution in [0, 0.1) is 0 Å². The van der Waals surface area contributed by atoms with Crippen molar-refractivity contribution in [1.82, 2.24) is 19.6 Å². The summed E-state index contributed by atoms with van der Waals surface area (Å²) in [6.45, 7) is -0.0322. The number of hydrogen-bond acceptors (Lipinski definition) is 6. The van der Waals surface area contributed by atoms with Crippen LogP contribution in [0.3, 0.4) is 0 Å². The van der Waals surface area contributed by atoms with Gasteiger partial charge in [-0.05, 0) is 12.1 Å². The van der Waals surface area contributed by atoms with Crippen molar-refractivity contribution >= 4 is 22.5 Å². The largest absolute Gasteiger partial charge is 0.494 e. The second kappa shape index (κ2) is 5.23. The topological polar surface area (TPSA) is 87.6 Å². The average molecular weight is 335 g/mol. The number of alkyl halides is 2. The van der Waals surface area contributed by atoms with E-state index < -0.39 is 18.4 Å². The standard InChI is InChI=1S/C15H15F2N5O2/c1-23-9-4-2-3-8-11(9)19-14(18)22-13(8)20-12(21-22)10-7-15(16,17)5-6-24-10/h2-4,10H,5-7H2,1H3,(H2,18,19)/t10-/m0/s1. The number of benzene rings is 1. The third-order valence-corrected chi connectivity index (χ3v) is 4.09. The van der Waals surface area contributed by atoms with Crippen LogP contribution in [0.15, 0.2) is 18.2 Å². The Morgan fingerprint density at radius 3 is 2.96 bits per heavy atom. The Morgan fingerprint density at radius 1 is 1.38 bits per heavy atom. The lowest BCUT2D eigenvalue weighted by Crippen LogP contribution is -2.29. The lowest BCUT2D eigenvalue weighted by molar-refractivity contribution is -0.131. The SMILES string of the molecule is COc1cccc2c1nc(N)n1nc([C@@H]3CC(F)(F)CCO3)nc21. The first-order chi connectivity index (χ1) is 11.5. The molecule has 2 aromatic heterocycles. The highest BCUT2D eigenvalue weighted by atomic mass is 19.3. The summed E-state index contributed by atoms with van der Waals surface area (Å²) in [5, 5.41) is 4.90. The van der Waals surface area contributed by atoms with Crippen LogP contribution in [0.1, 0.15) is 24.8 Å². The molecule has 1 aromatic carbocycles. The Hall–Kier alpha value is -2.55. The number of rotatable bonds is 2. The molecule has 3 aromatic rings. The summed E-state index contributed by atoms with van der Waals surface area (Å²) in [6, 6.07) is 5.35. The predicted molar refractivity (Wildman–Crippen MR) is 82.1 cm³/mol. The molecule has 9 heteroatoms. The van der Waals surface area contributed by atoms with Gasteiger partial charge in [-0.3, -0.25) is 0 Å². The smallest absolute Gasteiger partial charge is 0.253 e. The Labute approximate surface area is 135 Å². The van der Waals surface area contributed by atoms with Gasteiger partial charge in [-0.2, -0.15) is 4.52 Å². The van der Waals surface area contributed by atoms with Crippen LogP contribution in [-0.2, 0) is 4.74 Å². The summed E-state index contributed by atoms with van der Waals surface area (Å²) in [7, 11) is 1.53. The molecule has 1 atom stereocenters. The first kappa shape index (κ1) is 15.0. The molecule has 0 radical (unpaired) electrons. The first-order valence-electron chi connectivity index (χ1n) is 7.47. The van der Waals surface area contributed by atoms with Gasteiger partial charge in [0.2, 0.25) is 5.95 Å². The van der Waals surface area contributed by atoms with Crippen molar-refractivity contribution in [2.75, 3.05) is 19.5 Å². The molecular formula is C15H15F2N5O2. The molecule has 0 unspecified atom stereocenters. The zero-order valence-corrected chi connectivity index (χ0v) is 12.9. The van der Waals surface area contributed by atoms with Crippen LogP contribution in [-0.4, -0.2) is 39.2 Å². The second-order valence-electron chi connectivity index (χ2n) is 5.70. The highest BCUT2D eigenvalue weighted by molar-refractivity contribution is 5.95. The van der Waals surface area contributed by atoms with Crippen LogP contribution in [0.2, 0.25) is 0 Å². The van der Waals surface area contributed by atoms with Crippen molar-refractivity contribution in [1.29, 1.82) is 0 Å². The Morgan fingerprint density at radius 2 is 2.21 bits per heavy atom. The highest BCUT2D eigenvalue weighted by Gasteiger charge is 2.39. The molecule has 7 nitrogen and oxygen atoms in total. The molecule has 3 heterocycles. The Balaban J connectivity index is 1.89. The van der Waals surface area contributed by atoms with E-state index in [1.165, 1.54) is 11.6 Å². The molecule has 1 aliphatic heterocycles. The van der Waals surface area contributed by atoms with Crippen LogP contribution < -0.4 is 10.5 Å². The van der Waals surface area contributed by atoms with Crippen molar-refractivity contribution in [3.05, 3.63) is 24.0 Å². The summed E-state index contributed by atoms with van der Waals surface area (Å²) >= 11 is 0. The number of methoxy groups -OCH3 is 1. The number of nitrogens with zero attached hydrogens (tertiary/aromatic N) is 4. The maximum absolute atomic E-state index is 13.6. The molecule has 0 aliphatic carbocycles. The van der Waals surface area contributed by atoms with E-state index in [-0.39, 0.29) is 24.8 Å².